The van der Waals surface area contributed by atoms with Crippen molar-refractivity contribution in [2.75, 3.05) is 10.6 Å². The van der Waals surface area contributed by atoms with E-state index in [1.165, 1.54) is 11.5 Å². The molecule has 0 aliphatic carbocycles. The van der Waals surface area contributed by atoms with Crippen LogP contribution in [0.3, 0.4) is 0 Å². The highest BCUT2D eigenvalue weighted by molar-refractivity contribution is 5.96. The van der Waals surface area contributed by atoms with Gasteiger partial charge in [0.15, 0.2) is 0 Å². The predicted molar refractivity (Wildman–Crippen MR) is 135 cm³/mol. The number of para-hydroxylation sites is 2. The smallest absolute Gasteiger partial charge is 0.278 e. The minimum absolute atomic E-state index is 0.0559. The van der Waals surface area contributed by atoms with Gasteiger partial charge in [-0.2, -0.15) is 0 Å². The predicted octanol–water partition coefficient (Wildman–Crippen LogP) is 5.20. The summed E-state index contributed by atoms with van der Waals surface area (Å²) in [6.07, 6.45) is 0.203. The summed E-state index contributed by atoms with van der Waals surface area (Å²) >= 11 is 0. The van der Waals surface area contributed by atoms with Gasteiger partial charge >= 0.3 is 0 Å². The minimum atomic E-state index is -1.03. The van der Waals surface area contributed by atoms with Gasteiger partial charge in [-0.1, -0.05) is 30.7 Å². The van der Waals surface area contributed by atoms with Crippen LogP contribution < -0.4 is 16.2 Å². The molecule has 36 heavy (non-hydrogen) atoms. The zero-order valence-electron chi connectivity index (χ0n) is 19.9. The zero-order valence-corrected chi connectivity index (χ0v) is 19.9. The van der Waals surface area contributed by atoms with Crippen molar-refractivity contribution in [1.82, 2.24) is 9.55 Å². The second kappa shape index (κ2) is 10.1. The van der Waals surface area contributed by atoms with E-state index in [4.69, 9.17) is 0 Å². The molecule has 1 unspecified atom stereocenters. The lowest BCUT2D eigenvalue weighted by Gasteiger charge is -2.22. The van der Waals surface area contributed by atoms with Crippen molar-refractivity contribution in [2.24, 2.45) is 0 Å². The standard InChI is InChI=1S/C27H24F2N4O3/c1-4-23(26(35)32-21-12-10-17(28)14-19(21)29)33-24-8-6-5-7-22(24)31-25(27(33)36)18-13-15(2)9-11-20(18)30-16(3)34/h5-14,23H,4H2,1-3H3,(H,30,34)(H,32,35). The minimum Gasteiger partial charge on any atom is -0.326 e. The summed E-state index contributed by atoms with van der Waals surface area (Å²) < 4.78 is 28.9. The van der Waals surface area contributed by atoms with Gasteiger partial charge in [0.25, 0.3) is 5.56 Å². The highest BCUT2D eigenvalue weighted by atomic mass is 19.1. The van der Waals surface area contributed by atoms with E-state index in [0.717, 1.165) is 17.7 Å². The molecule has 2 amide bonds. The number of amides is 2. The molecule has 0 aliphatic rings. The van der Waals surface area contributed by atoms with Gasteiger partial charge in [-0.05, 0) is 49.7 Å². The molecule has 1 heterocycles. The van der Waals surface area contributed by atoms with Gasteiger partial charge in [-0.15, -0.1) is 0 Å². The summed E-state index contributed by atoms with van der Waals surface area (Å²) in [5, 5.41) is 5.19. The maximum absolute atomic E-state index is 14.2. The Morgan fingerprint density at radius 3 is 2.42 bits per heavy atom. The fraction of sp³-hybridized carbons (Fsp3) is 0.185. The molecule has 0 bridgehead atoms. The molecule has 0 aliphatic heterocycles. The van der Waals surface area contributed by atoms with Crippen molar-refractivity contribution < 1.29 is 18.4 Å². The van der Waals surface area contributed by atoms with Gasteiger partial charge in [0.2, 0.25) is 11.8 Å². The Labute approximate surface area is 205 Å². The molecule has 1 atom stereocenters. The molecule has 4 rings (SSSR count). The van der Waals surface area contributed by atoms with Gasteiger partial charge in [-0.3, -0.25) is 19.0 Å². The number of aromatic nitrogens is 2. The van der Waals surface area contributed by atoms with Gasteiger partial charge in [0.1, 0.15) is 23.4 Å². The van der Waals surface area contributed by atoms with Crippen LogP contribution in [0.4, 0.5) is 20.2 Å². The molecule has 2 N–H and O–H groups in total. The highest BCUT2D eigenvalue weighted by Gasteiger charge is 2.26. The Morgan fingerprint density at radius 1 is 1.00 bits per heavy atom. The molecule has 9 heteroatoms. The summed E-state index contributed by atoms with van der Waals surface area (Å²) in [5.41, 5.74) is 1.85. The number of hydrogen-bond acceptors (Lipinski definition) is 4. The molecule has 3 aromatic carbocycles. The summed E-state index contributed by atoms with van der Waals surface area (Å²) in [4.78, 5) is 43.5. The molecule has 0 saturated heterocycles. The van der Waals surface area contributed by atoms with Crippen LogP contribution in [0.15, 0.2) is 65.5 Å². The van der Waals surface area contributed by atoms with Gasteiger partial charge < -0.3 is 10.6 Å². The number of benzene rings is 3. The van der Waals surface area contributed by atoms with Crippen LogP contribution in [0.25, 0.3) is 22.3 Å². The average Bonchev–Trinajstić information content (AvgIpc) is 2.83. The van der Waals surface area contributed by atoms with Gasteiger partial charge in [-0.25, -0.2) is 13.8 Å². The maximum atomic E-state index is 14.2. The first-order valence-corrected chi connectivity index (χ1v) is 11.4. The molecule has 0 radical (unpaired) electrons. The van der Waals surface area contributed by atoms with E-state index >= 15 is 0 Å². The summed E-state index contributed by atoms with van der Waals surface area (Å²) in [5.74, 6) is -2.65. The lowest BCUT2D eigenvalue weighted by molar-refractivity contribution is -0.119. The van der Waals surface area contributed by atoms with Crippen molar-refractivity contribution >= 4 is 34.2 Å². The largest absolute Gasteiger partial charge is 0.326 e. The van der Waals surface area contributed by atoms with E-state index < -0.39 is 29.1 Å². The SMILES string of the molecule is CCC(C(=O)Nc1ccc(F)cc1F)n1c(=O)c(-c2cc(C)ccc2NC(C)=O)nc2ccccc21. The number of aryl methyl sites for hydroxylation is 1. The van der Waals surface area contributed by atoms with Crippen LogP contribution >= 0.6 is 0 Å². The zero-order chi connectivity index (χ0) is 26.0. The van der Waals surface area contributed by atoms with E-state index in [0.29, 0.717) is 28.4 Å². The Morgan fingerprint density at radius 2 is 1.72 bits per heavy atom. The fourth-order valence-electron chi connectivity index (χ4n) is 4.08. The average molecular weight is 491 g/mol. The number of rotatable bonds is 6. The molecule has 1 aromatic heterocycles. The Balaban J connectivity index is 1.91. The van der Waals surface area contributed by atoms with Crippen LogP contribution in [0, 0.1) is 18.6 Å². The third-order valence-corrected chi connectivity index (χ3v) is 5.73. The summed E-state index contributed by atoms with van der Waals surface area (Å²) in [6, 6.07) is 13.9. The van der Waals surface area contributed by atoms with E-state index in [-0.39, 0.29) is 23.7 Å². The van der Waals surface area contributed by atoms with E-state index in [9.17, 15) is 23.2 Å². The number of halogens is 2. The summed E-state index contributed by atoms with van der Waals surface area (Å²) in [7, 11) is 0. The van der Waals surface area contributed by atoms with E-state index in [2.05, 4.69) is 15.6 Å². The second-order valence-corrected chi connectivity index (χ2v) is 8.39. The maximum Gasteiger partial charge on any atom is 0.278 e. The lowest BCUT2D eigenvalue weighted by atomic mass is 10.0. The van der Waals surface area contributed by atoms with Gasteiger partial charge in [0, 0.05) is 18.6 Å². The number of nitrogens with zero attached hydrogens (tertiary/aromatic N) is 2. The van der Waals surface area contributed by atoms with E-state index in [1.54, 1.807) is 49.4 Å². The number of hydrogen-bond donors (Lipinski definition) is 2. The summed E-state index contributed by atoms with van der Waals surface area (Å²) in [6.45, 7) is 4.93. The quantitative estimate of drug-likeness (QED) is 0.389. The molecule has 0 spiro atoms. The fourth-order valence-corrected chi connectivity index (χ4v) is 4.08. The Bertz CT molecular complexity index is 1550. The highest BCUT2D eigenvalue weighted by Crippen LogP contribution is 2.29. The monoisotopic (exact) mass is 490 g/mol. The molecule has 0 saturated carbocycles. The number of carbonyl (C=O) groups is 2. The van der Waals surface area contributed by atoms with Crippen LogP contribution in [0.2, 0.25) is 0 Å². The van der Waals surface area contributed by atoms with Crippen molar-refractivity contribution in [3.63, 3.8) is 0 Å². The molecular weight excluding hydrogens is 466 g/mol. The van der Waals surface area contributed by atoms with Crippen molar-refractivity contribution in [3.8, 4) is 11.3 Å². The molecule has 7 nitrogen and oxygen atoms in total. The second-order valence-electron chi connectivity index (χ2n) is 8.39. The molecule has 0 fully saturated rings. The third kappa shape index (κ3) is 4.86. The van der Waals surface area contributed by atoms with Crippen molar-refractivity contribution in [3.05, 3.63) is 88.2 Å². The van der Waals surface area contributed by atoms with Crippen LogP contribution in [-0.4, -0.2) is 21.4 Å². The topological polar surface area (TPSA) is 93.1 Å². The van der Waals surface area contributed by atoms with Gasteiger partial charge in [0.05, 0.1) is 22.4 Å². The first kappa shape index (κ1) is 24.7. The van der Waals surface area contributed by atoms with Crippen molar-refractivity contribution in [1.29, 1.82) is 0 Å². The Kier molecular flexibility index (Phi) is 6.91. The first-order valence-electron chi connectivity index (χ1n) is 11.4. The molecule has 184 valence electrons. The number of anilines is 2. The normalized spacial score (nSPS) is 11.8. The van der Waals surface area contributed by atoms with Crippen molar-refractivity contribution in [2.45, 2.75) is 33.2 Å². The molecule has 4 aromatic rings. The first-order chi connectivity index (χ1) is 17.2. The van der Waals surface area contributed by atoms with Crippen LogP contribution in [-0.2, 0) is 9.59 Å². The third-order valence-electron chi connectivity index (χ3n) is 5.73. The van der Waals surface area contributed by atoms with Crippen LogP contribution in [0.5, 0.6) is 0 Å². The van der Waals surface area contributed by atoms with Crippen LogP contribution in [0.1, 0.15) is 31.9 Å². The Hall–Kier alpha value is -4.40. The molecular formula is C27H24F2N4O3. The lowest BCUT2D eigenvalue weighted by Crippen LogP contribution is -2.35. The number of carbonyl (C=O) groups excluding carboxylic acids is 2. The van der Waals surface area contributed by atoms with E-state index in [1.807, 2.05) is 6.92 Å². The number of nitrogens with one attached hydrogen (secondary N) is 2. The number of fused-ring (bicyclic) bond motifs is 1.